The summed E-state index contributed by atoms with van der Waals surface area (Å²) in [6.07, 6.45) is 7.33. The molecule has 0 spiro atoms. The lowest BCUT2D eigenvalue weighted by Crippen LogP contribution is -2.19. The van der Waals surface area contributed by atoms with Crippen LogP contribution in [-0.2, 0) is 6.54 Å². The van der Waals surface area contributed by atoms with Crippen molar-refractivity contribution in [2.24, 2.45) is 11.8 Å². The van der Waals surface area contributed by atoms with Crippen LogP contribution in [0.25, 0.3) is 0 Å². The van der Waals surface area contributed by atoms with Gasteiger partial charge in [-0.15, -0.1) is 0 Å². The molecular weight excluding hydrogens is 228 g/mol. The third kappa shape index (κ3) is 4.33. The molecule has 18 heavy (non-hydrogen) atoms. The highest BCUT2D eigenvalue weighted by atomic mass is 16.6. The van der Waals surface area contributed by atoms with E-state index in [4.69, 9.17) is 9.15 Å². The molecule has 0 radical (unpaired) electrons. The van der Waals surface area contributed by atoms with Crippen molar-refractivity contribution < 1.29 is 9.15 Å². The van der Waals surface area contributed by atoms with Crippen LogP contribution in [0.1, 0.15) is 45.2 Å². The first-order valence-electron chi connectivity index (χ1n) is 7.02. The molecule has 1 heterocycles. The van der Waals surface area contributed by atoms with Gasteiger partial charge < -0.3 is 14.5 Å². The van der Waals surface area contributed by atoms with Gasteiger partial charge in [0.15, 0.2) is 0 Å². The van der Waals surface area contributed by atoms with Gasteiger partial charge in [-0.05, 0) is 31.2 Å². The van der Waals surface area contributed by atoms with Crippen molar-refractivity contribution in [1.82, 2.24) is 10.3 Å². The van der Waals surface area contributed by atoms with Gasteiger partial charge in [0.1, 0.15) is 6.26 Å². The quantitative estimate of drug-likeness (QED) is 0.810. The molecule has 1 N–H and O–H groups in total. The van der Waals surface area contributed by atoms with E-state index in [0.717, 1.165) is 25.4 Å². The number of rotatable bonds is 7. The topological polar surface area (TPSA) is 47.3 Å². The Hall–Kier alpha value is -1.03. The van der Waals surface area contributed by atoms with Gasteiger partial charge in [0.05, 0.1) is 12.3 Å². The average Bonchev–Trinajstić information content (AvgIpc) is 2.96. The summed E-state index contributed by atoms with van der Waals surface area (Å²) in [6.45, 7) is 6.86. The maximum Gasteiger partial charge on any atom is 0.393 e. The van der Waals surface area contributed by atoms with Gasteiger partial charge in [-0.25, -0.2) is 0 Å². The van der Waals surface area contributed by atoms with E-state index >= 15 is 0 Å². The Morgan fingerprint density at radius 3 is 2.94 bits per heavy atom. The Bertz CT molecular complexity index is 343. The van der Waals surface area contributed by atoms with E-state index in [1.165, 1.54) is 25.7 Å². The molecule has 4 nitrogen and oxygen atoms in total. The van der Waals surface area contributed by atoms with E-state index in [1.807, 2.05) is 0 Å². The minimum absolute atomic E-state index is 0.420. The molecule has 0 bridgehead atoms. The number of hydrogen-bond acceptors (Lipinski definition) is 4. The van der Waals surface area contributed by atoms with Crippen LogP contribution in [0, 0.1) is 11.8 Å². The van der Waals surface area contributed by atoms with E-state index < -0.39 is 0 Å². The zero-order valence-electron chi connectivity index (χ0n) is 11.4. The van der Waals surface area contributed by atoms with Crippen molar-refractivity contribution in [2.75, 3.05) is 13.2 Å². The lowest BCUT2D eigenvalue weighted by molar-refractivity contribution is 0.190. The molecule has 1 aromatic heterocycles. The van der Waals surface area contributed by atoms with Crippen molar-refractivity contribution >= 4 is 0 Å². The lowest BCUT2D eigenvalue weighted by atomic mass is 10.1. The molecule has 1 aliphatic carbocycles. The van der Waals surface area contributed by atoms with Gasteiger partial charge in [0, 0.05) is 6.54 Å². The highest BCUT2D eigenvalue weighted by Crippen LogP contribution is 2.25. The van der Waals surface area contributed by atoms with E-state index in [1.54, 1.807) is 6.26 Å². The maximum absolute atomic E-state index is 5.59. The largest absolute Gasteiger partial charge is 0.450 e. The van der Waals surface area contributed by atoms with Crippen LogP contribution in [0.15, 0.2) is 10.7 Å². The molecule has 0 atom stereocenters. The number of nitrogens with one attached hydrogen (secondary N) is 1. The standard InChI is InChI=1S/C14H24N2O2/c1-11(2)7-15-8-13-10-18-14(16-13)17-9-12-5-3-4-6-12/h10-12,15H,3-9H2,1-2H3. The second kappa shape index (κ2) is 6.78. The minimum Gasteiger partial charge on any atom is -0.450 e. The molecule has 0 unspecified atom stereocenters. The van der Waals surface area contributed by atoms with E-state index in [-0.39, 0.29) is 0 Å². The lowest BCUT2D eigenvalue weighted by Gasteiger charge is -2.07. The summed E-state index contributed by atoms with van der Waals surface area (Å²) in [7, 11) is 0. The second-order valence-corrected chi connectivity index (χ2v) is 5.59. The molecule has 4 heteroatoms. The van der Waals surface area contributed by atoms with Crippen molar-refractivity contribution in [2.45, 2.75) is 46.1 Å². The fourth-order valence-corrected chi connectivity index (χ4v) is 2.29. The third-order valence-electron chi connectivity index (χ3n) is 3.31. The van der Waals surface area contributed by atoms with E-state index in [0.29, 0.717) is 17.9 Å². The second-order valence-electron chi connectivity index (χ2n) is 5.59. The van der Waals surface area contributed by atoms with Gasteiger partial charge >= 0.3 is 6.08 Å². The molecule has 1 saturated carbocycles. The van der Waals surface area contributed by atoms with Gasteiger partial charge in [0.25, 0.3) is 0 Å². The first kappa shape index (κ1) is 13.4. The Labute approximate surface area is 109 Å². The zero-order valence-corrected chi connectivity index (χ0v) is 11.4. The van der Waals surface area contributed by atoms with Crippen molar-refractivity contribution in [3.8, 4) is 6.08 Å². The summed E-state index contributed by atoms with van der Waals surface area (Å²) in [5.74, 6) is 1.34. The fourth-order valence-electron chi connectivity index (χ4n) is 2.29. The Morgan fingerprint density at radius 2 is 2.22 bits per heavy atom. The van der Waals surface area contributed by atoms with Crippen LogP contribution in [-0.4, -0.2) is 18.1 Å². The predicted molar refractivity (Wildman–Crippen MR) is 70.5 cm³/mol. The van der Waals surface area contributed by atoms with Gasteiger partial charge in [-0.2, -0.15) is 4.98 Å². The molecule has 1 aliphatic rings. The van der Waals surface area contributed by atoms with Gasteiger partial charge in [-0.1, -0.05) is 26.7 Å². The molecule has 1 fully saturated rings. The van der Waals surface area contributed by atoms with Crippen molar-refractivity contribution in [1.29, 1.82) is 0 Å². The molecule has 102 valence electrons. The SMILES string of the molecule is CC(C)CNCc1coc(OCC2CCCC2)n1. The summed E-state index contributed by atoms with van der Waals surface area (Å²) in [6, 6.07) is 0. The predicted octanol–water partition coefficient (Wildman–Crippen LogP) is 2.99. The molecule has 0 amide bonds. The highest BCUT2D eigenvalue weighted by Gasteiger charge is 2.16. The maximum atomic E-state index is 5.59. The summed E-state index contributed by atoms with van der Waals surface area (Å²) < 4.78 is 10.9. The average molecular weight is 252 g/mol. The van der Waals surface area contributed by atoms with Crippen LogP contribution >= 0.6 is 0 Å². The molecule has 0 aromatic carbocycles. The van der Waals surface area contributed by atoms with Crippen LogP contribution in [0.2, 0.25) is 0 Å². The zero-order chi connectivity index (χ0) is 12.8. The number of nitrogens with zero attached hydrogens (tertiary/aromatic N) is 1. The Balaban J connectivity index is 1.68. The van der Waals surface area contributed by atoms with Crippen LogP contribution in [0.3, 0.4) is 0 Å². The normalized spacial score (nSPS) is 16.6. The van der Waals surface area contributed by atoms with Crippen LogP contribution < -0.4 is 10.1 Å². The first-order valence-corrected chi connectivity index (χ1v) is 7.02. The van der Waals surface area contributed by atoms with Gasteiger partial charge in [0.2, 0.25) is 0 Å². The van der Waals surface area contributed by atoms with E-state index in [2.05, 4.69) is 24.1 Å². The highest BCUT2D eigenvalue weighted by molar-refractivity contribution is 4.99. The summed E-state index contributed by atoms with van der Waals surface area (Å²) in [5, 5.41) is 3.33. The monoisotopic (exact) mass is 252 g/mol. The molecule has 1 aromatic rings. The van der Waals surface area contributed by atoms with Crippen molar-refractivity contribution in [3.05, 3.63) is 12.0 Å². The minimum atomic E-state index is 0.420. The van der Waals surface area contributed by atoms with Crippen molar-refractivity contribution in [3.63, 3.8) is 0 Å². The smallest absolute Gasteiger partial charge is 0.393 e. The number of ether oxygens (including phenoxy) is 1. The number of oxazole rings is 1. The number of aromatic nitrogens is 1. The van der Waals surface area contributed by atoms with Crippen LogP contribution in [0.4, 0.5) is 0 Å². The molecular formula is C14H24N2O2. The summed E-state index contributed by atoms with van der Waals surface area (Å²) >= 11 is 0. The summed E-state index contributed by atoms with van der Waals surface area (Å²) in [4.78, 5) is 4.32. The van der Waals surface area contributed by atoms with E-state index in [9.17, 15) is 0 Å². The fraction of sp³-hybridized carbons (Fsp3) is 0.786. The Kier molecular flexibility index (Phi) is 5.05. The Morgan fingerprint density at radius 1 is 1.44 bits per heavy atom. The molecule has 0 saturated heterocycles. The summed E-state index contributed by atoms with van der Waals surface area (Å²) in [5.41, 5.74) is 0.914. The molecule has 0 aliphatic heterocycles. The third-order valence-corrected chi connectivity index (χ3v) is 3.31. The number of hydrogen-bond donors (Lipinski definition) is 1. The van der Waals surface area contributed by atoms with Crippen LogP contribution in [0.5, 0.6) is 6.08 Å². The van der Waals surface area contributed by atoms with Gasteiger partial charge in [-0.3, -0.25) is 0 Å². The molecule has 2 rings (SSSR count). The first-order chi connectivity index (χ1) is 8.74.